The minimum atomic E-state index is -0.395. The number of rotatable bonds is 9. The van der Waals surface area contributed by atoms with Gasteiger partial charge in [0.2, 0.25) is 0 Å². The van der Waals surface area contributed by atoms with Crippen LogP contribution >= 0.6 is 24.0 Å². The number of nitro groups is 1. The van der Waals surface area contributed by atoms with E-state index in [0.29, 0.717) is 12.6 Å². The maximum absolute atomic E-state index is 10.7. The monoisotopic (exact) mass is 511 g/mol. The van der Waals surface area contributed by atoms with E-state index in [2.05, 4.69) is 58.8 Å². The number of nitro benzene ring substituents is 1. The smallest absolute Gasteiger partial charge is 0.269 e. The summed E-state index contributed by atoms with van der Waals surface area (Å²) in [5.74, 6) is 0.719. The van der Waals surface area contributed by atoms with Gasteiger partial charge in [-0.3, -0.25) is 20.0 Å². The topological polar surface area (TPSA) is 82.8 Å². The summed E-state index contributed by atoms with van der Waals surface area (Å²) < 4.78 is 0. The highest BCUT2D eigenvalue weighted by atomic mass is 127. The van der Waals surface area contributed by atoms with Crippen LogP contribution in [0.3, 0.4) is 0 Å². The van der Waals surface area contributed by atoms with E-state index in [-0.39, 0.29) is 29.7 Å². The van der Waals surface area contributed by atoms with Crippen LogP contribution in [0.4, 0.5) is 5.69 Å². The van der Waals surface area contributed by atoms with Gasteiger partial charge in [0.1, 0.15) is 0 Å². The molecule has 0 bridgehead atoms. The van der Waals surface area contributed by atoms with Crippen LogP contribution in [0.5, 0.6) is 0 Å². The molecule has 2 rings (SSSR count). The Morgan fingerprint density at radius 2 is 1.76 bits per heavy atom. The Labute approximate surface area is 189 Å². The van der Waals surface area contributed by atoms with Gasteiger partial charge in [0.15, 0.2) is 5.96 Å². The van der Waals surface area contributed by atoms with Gasteiger partial charge in [-0.1, -0.05) is 42.5 Å². The van der Waals surface area contributed by atoms with Gasteiger partial charge in [-0.25, -0.2) is 0 Å². The molecule has 0 saturated carbocycles. The van der Waals surface area contributed by atoms with Crippen molar-refractivity contribution in [1.82, 2.24) is 15.5 Å². The number of nitrogens with zero attached hydrogens (tertiary/aromatic N) is 3. The third kappa shape index (κ3) is 8.78. The normalized spacial score (nSPS) is 12.2. The van der Waals surface area contributed by atoms with Crippen LogP contribution in [-0.4, -0.2) is 42.5 Å². The molecule has 0 saturated heterocycles. The van der Waals surface area contributed by atoms with Crippen LogP contribution in [0, 0.1) is 10.1 Å². The lowest BCUT2D eigenvalue weighted by atomic mass is 10.1. The molecule has 0 spiro atoms. The molecule has 0 aromatic heterocycles. The van der Waals surface area contributed by atoms with Crippen LogP contribution in [-0.2, 0) is 13.1 Å². The second kappa shape index (κ2) is 13.1. The molecule has 0 aliphatic heterocycles. The summed E-state index contributed by atoms with van der Waals surface area (Å²) >= 11 is 0. The van der Waals surface area contributed by atoms with E-state index in [1.54, 1.807) is 19.2 Å². The van der Waals surface area contributed by atoms with Crippen LogP contribution in [0.25, 0.3) is 0 Å². The van der Waals surface area contributed by atoms with Gasteiger partial charge in [0.05, 0.1) is 4.92 Å². The third-order valence-electron chi connectivity index (χ3n) is 4.71. The molecular weight excluding hydrogens is 481 g/mol. The Kier molecular flexibility index (Phi) is 11.2. The fraction of sp³-hybridized carbons (Fsp3) is 0.381. The first kappa shape index (κ1) is 24.8. The molecule has 7 nitrogen and oxygen atoms in total. The van der Waals surface area contributed by atoms with Crippen molar-refractivity contribution >= 4 is 35.6 Å². The van der Waals surface area contributed by atoms with Crippen molar-refractivity contribution in [3.8, 4) is 0 Å². The zero-order chi connectivity index (χ0) is 20.4. The van der Waals surface area contributed by atoms with Crippen molar-refractivity contribution in [3.63, 3.8) is 0 Å². The Morgan fingerprint density at radius 3 is 2.34 bits per heavy atom. The highest BCUT2D eigenvalue weighted by Gasteiger charge is 2.10. The van der Waals surface area contributed by atoms with Gasteiger partial charge in [-0.15, -0.1) is 24.0 Å². The van der Waals surface area contributed by atoms with Crippen LogP contribution in [0.15, 0.2) is 59.6 Å². The molecule has 158 valence electrons. The SMILES string of the molecule is CN=C(NCCC(C)N(C)Cc1ccccc1)NCc1ccc([N+](=O)[O-])cc1.I. The Balaban J connectivity index is 0.00000420. The lowest BCUT2D eigenvalue weighted by Gasteiger charge is -2.25. The molecule has 29 heavy (non-hydrogen) atoms. The Morgan fingerprint density at radius 1 is 1.10 bits per heavy atom. The summed E-state index contributed by atoms with van der Waals surface area (Å²) in [7, 11) is 3.87. The van der Waals surface area contributed by atoms with E-state index >= 15 is 0 Å². The van der Waals surface area contributed by atoms with Crippen molar-refractivity contribution < 1.29 is 4.92 Å². The summed E-state index contributed by atoms with van der Waals surface area (Å²) in [5, 5.41) is 17.3. The van der Waals surface area contributed by atoms with Crippen molar-refractivity contribution in [2.75, 3.05) is 20.6 Å². The third-order valence-corrected chi connectivity index (χ3v) is 4.71. The quantitative estimate of drug-likeness (QED) is 0.176. The largest absolute Gasteiger partial charge is 0.356 e. The molecule has 8 heteroatoms. The second-order valence-corrected chi connectivity index (χ2v) is 6.81. The van der Waals surface area contributed by atoms with Gasteiger partial charge in [-0.05, 0) is 31.5 Å². The molecule has 0 radical (unpaired) electrons. The van der Waals surface area contributed by atoms with Crippen molar-refractivity contribution in [1.29, 1.82) is 0 Å². The van der Waals surface area contributed by atoms with E-state index in [9.17, 15) is 10.1 Å². The molecule has 2 aromatic carbocycles. The Bertz CT molecular complexity index is 768. The lowest BCUT2D eigenvalue weighted by Crippen LogP contribution is -2.39. The van der Waals surface area contributed by atoms with Gasteiger partial charge in [0.25, 0.3) is 5.69 Å². The first-order chi connectivity index (χ1) is 13.5. The average molecular weight is 511 g/mol. The van der Waals surface area contributed by atoms with Crippen LogP contribution in [0.2, 0.25) is 0 Å². The minimum absolute atomic E-state index is 0. The van der Waals surface area contributed by atoms with E-state index < -0.39 is 4.92 Å². The van der Waals surface area contributed by atoms with Crippen LogP contribution in [0.1, 0.15) is 24.5 Å². The van der Waals surface area contributed by atoms with E-state index in [1.165, 1.54) is 17.7 Å². The van der Waals surface area contributed by atoms with Crippen molar-refractivity contribution in [3.05, 3.63) is 75.8 Å². The molecule has 1 atom stereocenters. The number of hydrogen-bond donors (Lipinski definition) is 2. The number of halogens is 1. The Hall–Kier alpha value is -2.20. The van der Waals surface area contributed by atoms with Crippen LogP contribution < -0.4 is 10.6 Å². The van der Waals surface area contributed by atoms with Gasteiger partial charge < -0.3 is 10.6 Å². The van der Waals surface area contributed by atoms with E-state index in [0.717, 1.165) is 31.0 Å². The molecule has 0 aliphatic rings. The van der Waals surface area contributed by atoms with Gasteiger partial charge in [0, 0.05) is 44.9 Å². The fourth-order valence-corrected chi connectivity index (χ4v) is 2.79. The first-order valence-corrected chi connectivity index (χ1v) is 9.41. The number of nitrogens with one attached hydrogen (secondary N) is 2. The van der Waals surface area contributed by atoms with E-state index in [4.69, 9.17) is 0 Å². The number of hydrogen-bond acceptors (Lipinski definition) is 4. The number of aliphatic imine (C=N–C) groups is 1. The predicted molar refractivity (Wildman–Crippen MR) is 129 cm³/mol. The van der Waals surface area contributed by atoms with Gasteiger partial charge in [-0.2, -0.15) is 0 Å². The fourth-order valence-electron chi connectivity index (χ4n) is 2.79. The molecule has 1 unspecified atom stereocenters. The standard InChI is InChI=1S/C21H29N5O2.HI/c1-17(25(3)16-19-7-5-4-6-8-19)13-14-23-21(22-2)24-15-18-9-11-20(12-10-18)26(27)28;/h4-12,17H,13-16H2,1-3H3,(H2,22,23,24);1H. The second-order valence-electron chi connectivity index (χ2n) is 6.81. The molecule has 0 heterocycles. The molecule has 2 aromatic rings. The molecule has 0 amide bonds. The van der Waals surface area contributed by atoms with Gasteiger partial charge >= 0.3 is 0 Å². The highest BCUT2D eigenvalue weighted by molar-refractivity contribution is 14.0. The first-order valence-electron chi connectivity index (χ1n) is 9.41. The number of benzene rings is 2. The summed E-state index contributed by atoms with van der Waals surface area (Å²) in [4.78, 5) is 16.9. The average Bonchev–Trinajstić information content (AvgIpc) is 2.71. The van der Waals surface area contributed by atoms with Crippen molar-refractivity contribution in [2.45, 2.75) is 32.5 Å². The predicted octanol–water partition coefficient (Wildman–Crippen LogP) is 3.79. The number of non-ortho nitro benzene ring substituents is 1. The minimum Gasteiger partial charge on any atom is -0.356 e. The molecule has 2 N–H and O–H groups in total. The summed E-state index contributed by atoms with van der Waals surface area (Å²) in [5.41, 5.74) is 2.37. The maximum atomic E-state index is 10.7. The maximum Gasteiger partial charge on any atom is 0.269 e. The number of guanidine groups is 1. The van der Waals surface area contributed by atoms with Crippen molar-refractivity contribution in [2.24, 2.45) is 4.99 Å². The summed E-state index contributed by atoms with van der Waals surface area (Å²) in [6, 6.07) is 17.4. The highest BCUT2D eigenvalue weighted by Crippen LogP contribution is 2.11. The molecule has 0 fully saturated rings. The molecular formula is C21H30IN5O2. The zero-order valence-electron chi connectivity index (χ0n) is 17.2. The summed E-state index contributed by atoms with van der Waals surface area (Å²) in [6.07, 6.45) is 0.988. The molecule has 0 aliphatic carbocycles. The zero-order valence-corrected chi connectivity index (χ0v) is 19.5. The lowest BCUT2D eigenvalue weighted by molar-refractivity contribution is -0.384. The summed E-state index contributed by atoms with van der Waals surface area (Å²) in [6.45, 7) is 4.51. The van der Waals surface area contributed by atoms with E-state index in [1.807, 2.05) is 6.07 Å².